The van der Waals surface area contributed by atoms with Crippen molar-refractivity contribution in [2.45, 2.75) is 4.90 Å². The van der Waals surface area contributed by atoms with Gasteiger partial charge in [-0.3, -0.25) is 0 Å². The van der Waals surface area contributed by atoms with Gasteiger partial charge < -0.3 is 10.5 Å². The highest BCUT2D eigenvalue weighted by Crippen LogP contribution is 2.32. The number of benzene rings is 2. The average Bonchev–Trinajstić information content (AvgIpc) is 2.33. The van der Waals surface area contributed by atoms with E-state index in [2.05, 4.69) is 22.6 Å². The lowest BCUT2D eigenvalue weighted by Gasteiger charge is -2.11. The topological polar surface area (TPSA) is 95.4 Å². The first-order valence-corrected chi connectivity index (χ1v) is 7.85. The zero-order chi connectivity index (χ0) is 14.0. The Morgan fingerprint density at radius 1 is 1.05 bits per heavy atom. The van der Waals surface area contributed by atoms with Crippen LogP contribution in [-0.2, 0) is 10.0 Å². The summed E-state index contributed by atoms with van der Waals surface area (Å²) in [6.07, 6.45) is 0. The van der Waals surface area contributed by atoms with Gasteiger partial charge in [0.15, 0.2) is 0 Å². The van der Waals surface area contributed by atoms with Crippen molar-refractivity contribution in [1.29, 1.82) is 0 Å². The molecule has 2 aromatic rings. The quantitative estimate of drug-likeness (QED) is 0.621. The summed E-state index contributed by atoms with van der Waals surface area (Å²) in [6.45, 7) is 0. The van der Waals surface area contributed by atoms with Crippen LogP contribution >= 0.6 is 22.6 Å². The van der Waals surface area contributed by atoms with Gasteiger partial charge in [0.25, 0.3) is 0 Å². The summed E-state index contributed by atoms with van der Waals surface area (Å²) in [5, 5.41) is 5.15. The Bertz CT molecular complexity index is 717. The number of primary sulfonamides is 1. The van der Waals surface area contributed by atoms with Gasteiger partial charge in [-0.15, -0.1) is 0 Å². The monoisotopic (exact) mass is 390 g/mol. The van der Waals surface area contributed by atoms with Gasteiger partial charge >= 0.3 is 0 Å². The number of halogens is 1. The lowest BCUT2D eigenvalue weighted by molar-refractivity contribution is 0.464. The summed E-state index contributed by atoms with van der Waals surface area (Å²) < 4.78 is 29.5. The molecule has 0 saturated carbocycles. The standard InChI is InChI=1S/C12H11IN2O3S/c13-9-3-1-2-4-10(9)18-11-6-5-8(14)7-12(11)19(15,16)17/h1-7H,14H2,(H2,15,16,17). The van der Waals surface area contributed by atoms with Crippen molar-refractivity contribution in [2.75, 3.05) is 5.73 Å². The molecule has 19 heavy (non-hydrogen) atoms. The Labute approximate surface area is 124 Å². The first kappa shape index (κ1) is 14.1. The zero-order valence-corrected chi connectivity index (χ0v) is 12.7. The molecular formula is C12H11IN2O3S. The third kappa shape index (κ3) is 3.37. The van der Waals surface area contributed by atoms with Gasteiger partial charge in [0.05, 0.1) is 3.57 Å². The van der Waals surface area contributed by atoms with E-state index in [4.69, 9.17) is 15.6 Å². The smallest absolute Gasteiger partial charge is 0.241 e. The number of sulfonamides is 1. The molecular weight excluding hydrogens is 379 g/mol. The number of para-hydroxylation sites is 1. The molecule has 0 spiro atoms. The summed E-state index contributed by atoms with van der Waals surface area (Å²) in [6, 6.07) is 11.6. The molecule has 0 fully saturated rings. The molecule has 0 heterocycles. The maximum atomic E-state index is 11.5. The Balaban J connectivity index is 2.50. The highest BCUT2D eigenvalue weighted by Gasteiger charge is 2.16. The molecule has 0 aliphatic carbocycles. The van der Waals surface area contributed by atoms with Crippen LogP contribution in [0.25, 0.3) is 0 Å². The van der Waals surface area contributed by atoms with Crippen LogP contribution in [0.15, 0.2) is 47.4 Å². The molecule has 5 nitrogen and oxygen atoms in total. The first-order valence-electron chi connectivity index (χ1n) is 5.22. The van der Waals surface area contributed by atoms with Crippen LogP contribution in [0.5, 0.6) is 11.5 Å². The third-order valence-corrected chi connectivity index (χ3v) is 4.15. The van der Waals surface area contributed by atoms with Crippen LogP contribution < -0.4 is 15.6 Å². The van der Waals surface area contributed by atoms with Crippen molar-refractivity contribution in [3.63, 3.8) is 0 Å². The molecule has 2 aromatic carbocycles. The fourth-order valence-electron chi connectivity index (χ4n) is 1.48. The lowest BCUT2D eigenvalue weighted by atomic mass is 10.3. The minimum atomic E-state index is -3.90. The minimum Gasteiger partial charge on any atom is -0.455 e. The molecule has 0 saturated heterocycles. The molecule has 0 aliphatic rings. The van der Waals surface area contributed by atoms with Crippen molar-refractivity contribution >= 4 is 38.3 Å². The maximum absolute atomic E-state index is 11.5. The van der Waals surface area contributed by atoms with Crippen LogP contribution in [0.4, 0.5) is 5.69 Å². The Morgan fingerprint density at radius 3 is 2.37 bits per heavy atom. The Hall–Kier alpha value is -1.32. The highest BCUT2D eigenvalue weighted by molar-refractivity contribution is 14.1. The summed E-state index contributed by atoms with van der Waals surface area (Å²) in [5.41, 5.74) is 5.88. The van der Waals surface area contributed by atoms with E-state index in [1.165, 1.54) is 12.1 Å². The number of hydrogen-bond acceptors (Lipinski definition) is 4. The van der Waals surface area contributed by atoms with Crippen molar-refractivity contribution in [2.24, 2.45) is 5.14 Å². The summed E-state index contributed by atoms with van der Waals surface area (Å²) in [7, 11) is -3.90. The third-order valence-electron chi connectivity index (χ3n) is 2.33. The van der Waals surface area contributed by atoms with Gasteiger partial charge in [-0.1, -0.05) is 12.1 Å². The highest BCUT2D eigenvalue weighted by atomic mass is 127. The van der Waals surface area contributed by atoms with Crippen molar-refractivity contribution in [1.82, 2.24) is 0 Å². The van der Waals surface area contributed by atoms with Crippen LogP contribution in [0.1, 0.15) is 0 Å². The van der Waals surface area contributed by atoms with E-state index in [0.29, 0.717) is 11.4 Å². The van der Waals surface area contributed by atoms with Crippen LogP contribution in [0, 0.1) is 3.57 Å². The van der Waals surface area contributed by atoms with Crippen LogP contribution in [0.2, 0.25) is 0 Å². The van der Waals surface area contributed by atoms with E-state index in [1.54, 1.807) is 18.2 Å². The molecule has 0 bridgehead atoms. The van der Waals surface area contributed by atoms with Crippen LogP contribution in [0.3, 0.4) is 0 Å². The van der Waals surface area contributed by atoms with Gasteiger partial charge in [-0.2, -0.15) is 0 Å². The molecule has 2 rings (SSSR count). The number of rotatable bonds is 3. The molecule has 7 heteroatoms. The molecule has 0 unspecified atom stereocenters. The Morgan fingerprint density at radius 2 is 1.74 bits per heavy atom. The average molecular weight is 390 g/mol. The SMILES string of the molecule is Nc1ccc(Oc2ccccc2I)c(S(N)(=O)=O)c1. The molecule has 0 aliphatic heterocycles. The van der Waals surface area contributed by atoms with E-state index >= 15 is 0 Å². The number of ether oxygens (including phenoxy) is 1. The second-order valence-electron chi connectivity index (χ2n) is 3.78. The molecule has 100 valence electrons. The van der Waals surface area contributed by atoms with Crippen molar-refractivity contribution in [3.05, 3.63) is 46.0 Å². The summed E-state index contributed by atoms with van der Waals surface area (Å²) in [5.74, 6) is 0.707. The van der Waals surface area contributed by atoms with Crippen LogP contribution in [-0.4, -0.2) is 8.42 Å². The van der Waals surface area contributed by atoms with Gasteiger partial charge in [0, 0.05) is 5.69 Å². The lowest BCUT2D eigenvalue weighted by Crippen LogP contribution is -2.13. The minimum absolute atomic E-state index is 0.132. The molecule has 0 radical (unpaired) electrons. The van der Waals surface area contributed by atoms with Gasteiger partial charge in [-0.05, 0) is 52.9 Å². The fourth-order valence-corrected chi connectivity index (χ4v) is 2.67. The second-order valence-corrected chi connectivity index (χ2v) is 6.48. The van der Waals surface area contributed by atoms with E-state index < -0.39 is 10.0 Å². The van der Waals surface area contributed by atoms with Gasteiger partial charge in [0.1, 0.15) is 16.4 Å². The predicted molar refractivity (Wildman–Crippen MR) is 81.5 cm³/mol. The normalized spacial score (nSPS) is 11.3. The van der Waals surface area contributed by atoms with E-state index in [1.807, 2.05) is 12.1 Å². The van der Waals surface area contributed by atoms with Crippen molar-refractivity contribution < 1.29 is 13.2 Å². The predicted octanol–water partition coefficient (Wildman–Crippen LogP) is 2.31. The summed E-state index contributed by atoms with van der Waals surface area (Å²) >= 11 is 2.10. The maximum Gasteiger partial charge on any atom is 0.241 e. The fraction of sp³-hybridized carbons (Fsp3) is 0. The van der Waals surface area contributed by atoms with Gasteiger partial charge in [0.2, 0.25) is 10.0 Å². The molecule has 0 aromatic heterocycles. The zero-order valence-electron chi connectivity index (χ0n) is 9.71. The summed E-state index contributed by atoms with van der Waals surface area (Å²) in [4.78, 5) is -0.132. The molecule has 0 amide bonds. The largest absolute Gasteiger partial charge is 0.455 e. The van der Waals surface area contributed by atoms with Gasteiger partial charge in [-0.25, -0.2) is 13.6 Å². The molecule has 4 N–H and O–H groups in total. The number of anilines is 1. The second kappa shape index (κ2) is 5.35. The van der Waals surface area contributed by atoms with E-state index in [-0.39, 0.29) is 10.6 Å². The number of hydrogen-bond donors (Lipinski definition) is 2. The number of nitrogens with two attached hydrogens (primary N) is 2. The first-order chi connectivity index (χ1) is 8.88. The van der Waals surface area contributed by atoms with E-state index in [0.717, 1.165) is 3.57 Å². The van der Waals surface area contributed by atoms with E-state index in [9.17, 15) is 8.42 Å². The Kier molecular flexibility index (Phi) is 3.97. The van der Waals surface area contributed by atoms with Crippen molar-refractivity contribution in [3.8, 4) is 11.5 Å². The number of nitrogen functional groups attached to an aromatic ring is 1. The molecule has 0 atom stereocenters.